The van der Waals surface area contributed by atoms with E-state index in [1.54, 1.807) is 0 Å². The van der Waals surface area contributed by atoms with Gasteiger partial charge < -0.3 is 9.84 Å². The molecule has 0 aromatic heterocycles. The van der Waals surface area contributed by atoms with Crippen LogP contribution in [0.3, 0.4) is 0 Å². The number of hydrogen-bond acceptors (Lipinski definition) is 3. The molecule has 0 bridgehead atoms. The Hall–Kier alpha value is -0.610. The molecule has 1 heterocycles. The molecule has 1 N–H and O–H groups in total. The maximum absolute atomic E-state index is 11.7. The van der Waals surface area contributed by atoms with Crippen LogP contribution in [0.15, 0.2) is 12.1 Å². The Morgan fingerprint density at radius 2 is 1.93 bits per heavy atom. The molecule has 0 spiro atoms. The van der Waals surface area contributed by atoms with E-state index in [1.165, 1.54) is 12.1 Å². The van der Waals surface area contributed by atoms with Crippen LogP contribution in [0.25, 0.3) is 0 Å². The molecule has 5 heteroatoms. The summed E-state index contributed by atoms with van der Waals surface area (Å²) in [5.74, 6) is -0.126. The highest BCUT2D eigenvalue weighted by atomic mass is 35.5. The van der Waals surface area contributed by atoms with Crippen molar-refractivity contribution in [3.63, 3.8) is 0 Å². The third kappa shape index (κ3) is 1.24. The maximum atomic E-state index is 11.7. The quantitative estimate of drug-likeness (QED) is 0.711. The zero-order valence-electron chi connectivity index (χ0n) is 7.41. The molecule has 3 rings (SSSR count). The van der Waals surface area contributed by atoms with Crippen molar-refractivity contribution >= 4 is 29.0 Å². The molecule has 0 saturated carbocycles. The average molecular weight is 245 g/mol. The molecular formula is C10H6Cl2O3. The number of hydrogen-bond donors (Lipinski definition) is 1. The fraction of sp³-hybridized carbons (Fsp3) is 0.300. The zero-order chi connectivity index (χ0) is 10.7. The molecule has 1 aromatic rings. The topological polar surface area (TPSA) is 49.8 Å². The van der Waals surface area contributed by atoms with Crippen molar-refractivity contribution in [2.24, 2.45) is 0 Å². The van der Waals surface area contributed by atoms with Crippen LogP contribution in [-0.4, -0.2) is 23.1 Å². The van der Waals surface area contributed by atoms with Crippen molar-refractivity contribution < 1.29 is 14.6 Å². The Morgan fingerprint density at radius 3 is 2.67 bits per heavy atom. The van der Waals surface area contributed by atoms with Gasteiger partial charge >= 0.3 is 0 Å². The van der Waals surface area contributed by atoms with Gasteiger partial charge in [0, 0.05) is 5.56 Å². The van der Waals surface area contributed by atoms with Gasteiger partial charge in [-0.15, -0.1) is 0 Å². The van der Waals surface area contributed by atoms with E-state index in [-0.39, 0.29) is 5.78 Å². The Bertz CT molecular complexity index is 472. The second-order valence-corrected chi connectivity index (χ2v) is 4.50. The Kier molecular flexibility index (Phi) is 1.89. The summed E-state index contributed by atoms with van der Waals surface area (Å²) >= 11 is 11.6. The summed E-state index contributed by atoms with van der Waals surface area (Å²) in [6.07, 6.45) is -1.68. The molecule has 1 fully saturated rings. The van der Waals surface area contributed by atoms with Crippen LogP contribution < -0.4 is 0 Å². The fourth-order valence-corrected chi connectivity index (χ4v) is 2.26. The minimum atomic E-state index is -0.780. The number of fused-ring (bicyclic) bond motifs is 2. The normalized spacial score (nSPS) is 32.2. The number of ketones is 1. The van der Waals surface area contributed by atoms with Crippen molar-refractivity contribution in [2.75, 3.05) is 0 Å². The lowest BCUT2D eigenvalue weighted by Gasteiger charge is -2.17. The standard InChI is InChI=1S/C10H6Cl2O3/c11-5-1-3-4(2-6(5)12)8(14)10-9(15-10)7(3)13/h1-2,7,9-10,13H/t7-,9-,10+/m0/s1. The van der Waals surface area contributed by atoms with E-state index in [0.29, 0.717) is 21.2 Å². The largest absolute Gasteiger partial charge is 0.386 e. The van der Waals surface area contributed by atoms with Crippen LogP contribution in [0, 0.1) is 0 Å². The number of benzene rings is 1. The van der Waals surface area contributed by atoms with Gasteiger partial charge in [0.2, 0.25) is 0 Å². The molecule has 0 radical (unpaired) electrons. The van der Waals surface area contributed by atoms with Gasteiger partial charge in [-0.2, -0.15) is 0 Å². The number of ether oxygens (including phenoxy) is 1. The van der Waals surface area contributed by atoms with Gasteiger partial charge in [0.05, 0.1) is 10.0 Å². The lowest BCUT2D eigenvalue weighted by atomic mass is 9.88. The number of aliphatic hydroxyl groups is 1. The van der Waals surface area contributed by atoms with Gasteiger partial charge in [0.15, 0.2) is 5.78 Å². The lowest BCUT2D eigenvalue weighted by molar-refractivity contribution is 0.0941. The van der Waals surface area contributed by atoms with E-state index in [0.717, 1.165) is 0 Å². The molecule has 0 amide bonds. The second-order valence-electron chi connectivity index (χ2n) is 3.68. The highest BCUT2D eigenvalue weighted by molar-refractivity contribution is 6.42. The maximum Gasteiger partial charge on any atom is 0.194 e. The third-order valence-corrected chi connectivity index (χ3v) is 3.49. The molecule has 0 unspecified atom stereocenters. The van der Waals surface area contributed by atoms with E-state index in [4.69, 9.17) is 27.9 Å². The number of epoxide rings is 1. The van der Waals surface area contributed by atoms with Crippen molar-refractivity contribution in [2.45, 2.75) is 18.3 Å². The van der Waals surface area contributed by atoms with E-state index >= 15 is 0 Å². The number of carbonyl (C=O) groups excluding carboxylic acids is 1. The van der Waals surface area contributed by atoms with Gasteiger partial charge in [-0.1, -0.05) is 23.2 Å². The first-order valence-electron chi connectivity index (χ1n) is 4.46. The van der Waals surface area contributed by atoms with E-state index in [1.807, 2.05) is 0 Å². The molecule has 3 atom stereocenters. The van der Waals surface area contributed by atoms with Crippen LogP contribution >= 0.6 is 23.2 Å². The number of Topliss-reactive ketones (excluding diaryl/α,β-unsaturated/α-hetero) is 1. The summed E-state index contributed by atoms with van der Waals surface area (Å²) < 4.78 is 5.08. The third-order valence-electron chi connectivity index (χ3n) is 2.77. The second kappa shape index (κ2) is 2.95. The van der Waals surface area contributed by atoms with Crippen molar-refractivity contribution in [1.82, 2.24) is 0 Å². The molecular weight excluding hydrogens is 239 g/mol. The first-order valence-corrected chi connectivity index (χ1v) is 5.22. The van der Waals surface area contributed by atoms with Gasteiger partial charge in [-0.25, -0.2) is 0 Å². The van der Waals surface area contributed by atoms with Gasteiger partial charge in [-0.05, 0) is 17.7 Å². The summed E-state index contributed by atoms with van der Waals surface area (Å²) in [5, 5.41) is 10.5. The van der Waals surface area contributed by atoms with Gasteiger partial charge in [0.1, 0.15) is 18.3 Å². The zero-order valence-corrected chi connectivity index (χ0v) is 8.92. The van der Waals surface area contributed by atoms with E-state index in [2.05, 4.69) is 0 Å². The molecule has 1 aliphatic carbocycles. The van der Waals surface area contributed by atoms with Crippen LogP contribution in [0.2, 0.25) is 10.0 Å². The summed E-state index contributed by atoms with van der Waals surface area (Å²) in [7, 11) is 0. The average Bonchev–Trinajstić information content (AvgIpc) is 2.98. The molecule has 2 aliphatic rings. The summed E-state index contributed by atoms with van der Waals surface area (Å²) in [5.41, 5.74) is 0.920. The van der Waals surface area contributed by atoms with E-state index < -0.39 is 18.3 Å². The first-order chi connectivity index (χ1) is 7.09. The molecule has 15 heavy (non-hydrogen) atoms. The number of carbonyl (C=O) groups is 1. The Balaban J connectivity index is 2.22. The predicted molar refractivity (Wildman–Crippen MR) is 54.4 cm³/mol. The van der Waals surface area contributed by atoms with Crippen LogP contribution in [0.5, 0.6) is 0 Å². The van der Waals surface area contributed by atoms with Gasteiger partial charge in [-0.3, -0.25) is 4.79 Å². The number of aliphatic hydroxyl groups excluding tert-OH is 1. The monoisotopic (exact) mass is 244 g/mol. The highest BCUT2D eigenvalue weighted by Gasteiger charge is 2.54. The minimum Gasteiger partial charge on any atom is -0.386 e. The van der Waals surface area contributed by atoms with Gasteiger partial charge in [0.25, 0.3) is 0 Å². The lowest BCUT2D eigenvalue weighted by Crippen LogP contribution is -2.24. The fourth-order valence-electron chi connectivity index (χ4n) is 1.93. The van der Waals surface area contributed by atoms with Crippen LogP contribution in [0.4, 0.5) is 0 Å². The van der Waals surface area contributed by atoms with Crippen molar-refractivity contribution in [3.8, 4) is 0 Å². The summed E-state index contributed by atoms with van der Waals surface area (Å²) in [6.45, 7) is 0. The Morgan fingerprint density at radius 1 is 1.27 bits per heavy atom. The molecule has 1 aromatic carbocycles. The Labute approximate surface area is 95.6 Å². The summed E-state index contributed by atoms with van der Waals surface area (Å²) in [4.78, 5) is 11.7. The van der Waals surface area contributed by atoms with Crippen molar-refractivity contribution in [3.05, 3.63) is 33.3 Å². The molecule has 78 valence electrons. The summed E-state index contributed by atoms with van der Waals surface area (Å²) in [6, 6.07) is 3.02. The molecule has 1 saturated heterocycles. The highest BCUT2D eigenvalue weighted by Crippen LogP contribution is 2.44. The van der Waals surface area contributed by atoms with Crippen LogP contribution in [0.1, 0.15) is 22.0 Å². The van der Waals surface area contributed by atoms with Crippen LogP contribution in [-0.2, 0) is 4.74 Å². The number of rotatable bonds is 0. The molecule has 3 nitrogen and oxygen atoms in total. The SMILES string of the molecule is O=C1c2cc(Cl)c(Cl)cc2[C@H](O)[C@@H]2O[C@H]12. The molecule has 1 aliphatic heterocycles. The predicted octanol–water partition coefficient (Wildman–Crippen LogP) is 1.99. The number of halogens is 2. The minimum absolute atomic E-state index is 0.126. The van der Waals surface area contributed by atoms with E-state index in [9.17, 15) is 9.90 Å². The smallest absolute Gasteiger partial charge is 0.194 e. The first kappa shape index (κ1) is 9.60. The van der Waals surface area contributed by atoms with Crippen molar-refractivity contribution in [1.29, 1.82) is 0 Å².